The van der Waals surface area contributed by atoms with E-state index in [9.17, 15) is 4.79 Å². The lowest BCUT2D eigenvalue weighted by Gasteiger charge is -2.36. The summed E-state index contributed by atoms with van der Waals surface area (Å²) >= 11 is 0. The van der Waals surface area contributed by atoms with Gasteiger partial charge < -0.3 is 14.1 Å². The molecule has 1 fully saturated rings. The molecule has 0 unspecified atom stereocenters. The third-order valence-electron chi connectivity index (χ3n) is 3.46. The van der Waals surface area contributed by atoms with Crippen LogP contribution >= 0.6 is 0 Å². The molecule has 1 aromatic heterocycles. The molecule has 0 aromatic carbocycles. The molecule has 4 heteroatoms. The lowest BCUT2D eigenvalue weighted by molar-refractivity contribution is -0.140. The molecule has 0 saturated carbocycles. The third-order valence-corrected chi connectivity index (χ3v) is 3.46. The summed E-state index contributed by atoms with van der Waals surface area (Å²) in [5.41, 5.74) is 0. The molecule has 0 bridgehead atoms. The Kier molecular flexibility index (Phi) is 5.02. The zero-order valence-electron chi connectivity index (χ0n) is 11.8. The van der Waals surface area contributed by atoms with Gasteiger partial charge in [-0.1, -0.05) is 13.8 Å². The summed E-state index contributed by atoms with van der Waals surface area (Å²) in [5.74, 6) is 1.67. The van der Waals surface area contributed by atoms with Crippen molar-refractivity contribution in [3.63, 3.8) is 0 Å². The van der Waals surface area contributed by atoms with Crippen LogP contribution in [0.2, 0.25) is 0 Å². The molecular formula is C15H23NO3. The Balaban J connectivity index is 1.87. The molecule has 1 saturated heterocycles. The lowest BCUT2D eigenvalue weighted by Crippen LogP contribution is -2.49. The molecule has 1 atom stereocenters. The Morgan fingerprint density at radius 3 is 3.05 bits per heavy atom. The van der Waals surface area contributed by atoms with Gasteiger partial charge in [-0.2, -0.15) is 0 Å². The van der Waals surface area contributed by atoms with Gasteiger partial charge in [-0.05, 0) is 24.5 Å². The number of aryl methyl sites for hydroxylation is 1. The van der Waals surface area contributed by atoms with E-state index in [4.69, 9.17) is 9.15 Å². The Labute approximate surface area is 114 Å². The zero-order valence-corrected chi connectivity index (χ0v) is 11.8. The summed E-state index contributed by atoms with van der Waals surface area (Å²) in [6, 6.07) is 4.01. The van der Waals surface area contributed by atoms with E-state index in [1.165, 1.54) is 0 Å². The van der Waals surface area contributed by atoms with Gasteiger partial charge in [-0.15, -0.1) is 0 Å². The SMILES string of the molecule is CC(C)C[C@H]1COCCN1C(=O)CCc1ccco1. The number of hydrogen-bond acceptors (Lipinski definition) is 3. The van der Waals surface area contributed by atoms with Gasteiger partial charge in [0.15, 0.2) is 0 Å². The molecule has 0 radical (unpaired) electrons. The smallest absolute Gasteiger partial charge is 0.223 e. The maximum absolute atomic E-state index is 12.3. The van der Waals surface area contributed by atoms with E-state index in [-0.39, 0.29) is 11.9 Å². The number of amides is 1. The highest BCUT2D eigenvalue weighted by molar-refractivity contribution is 5.76. The molecule has 0 aliphatic carbocycles. The summed E-state index contributed by atoms with van der Waals surface area (Å²) in [7, 11) is 0. The highest BCUT2D eigenvalue weighted by Gasteiger charge is 2.27. The van der Waals surface area contributed by atoms with Crippen LogP contribution in [0, 0.1) is 5.92 Å². The topological polar surface area (TPSA) is 42.7 Å². The first-order chi connectivity index (χ1) is 9.16. The second-order valence-corrected chi connectivity index (χ2v) is 5.52. The molecule has 106 valence electrons. The standard InChI is InChI=1S/C15H23NO3/c1-12(2)10-13-11-18-9-7-16(13)15(17)6-5-14-4-3-8-19-14/h3-4,8,12-13H,5-7,9-11H2,1-2H3/t13-/m0/s1. The highest BCUT2D eigenvalue weighted by atomic mass is 16.5. The molecule has 2 rings (SSSR count). The minimum atomic E-state index is 0.213. The van der Waals surface area contributed by atoms with Crippen LogP contribution in [0.5, 0.6) is 0 Å². The van der Waals surface area contributed by atoms with Crippen LogP contribution in [-0.4, -0.2) is 36.6 Å². The monoisotopic (exact) mass is 265 g/mol. The summed E-state index contributed by atoms with van der Waals surface area (Å²) in [6.07, 6.45) is 3.85. The van der Waals surface area contributed by atoms with Gasteiger partial charge >= 0.3 is 0 Å². The van der Waals surface area contributed by atoms with Gasteiger partial charge in [-0.25, -0.2) is 0 Å². The van der Waals surface area contributed by atoms with E-state index in [0.29, 0.717) is 38.5 Å². The predicted octanol–water partition coefficient (Wildman–Crippen LogP) is 2.49. The van der Waals surface area contributed by atoms with Crippen molar-refractivity contribution in [2.45, 2.75) is 39.2 Å². The molecule has 1 aliphatic rings. The van der Waals surface area contributed by atoms with Crippen LogP contribution in [0.3, 0.4) is 0 Å². The van der Waals surface area contributed by atoms with E-state index in [0.717, 1.165) is 12.2 Å². The molecule has 0 spiro atoms. The summed E-state index contributed by atoms with van der Waals surface area (Å²) in [4.78, 5) is 14.3. The fourth-order valence-electron chi connectivity index (χ4n) is 2.55. The number of furan rings is 1. The highest BCUT2D eigenvalue weighted by Crippen LogP contribution is 2.17. The second-order valence-electron chi connectivity index (χ2n) is 5.52. The van der Waals surface area contributed by atoms with Crippen LogP contribution in [-0.2, 0) is 16.0 Å². The summed E-state index contributed by atoms with van der Waals surface area (Å²) < 4.78 is 10.8. The summed E-state index contributed by atoms with van der Waals surface area (Å²) in [5, 5.41) is 0. The third kappa shape index (κ3) is 4.10. The van der Waals surface area contributed by atoms with E-state index < -0.39 is 0 Å². The number of carbonyl (C=O) groups excluding carboxylic acids is 1. The van der Waals surface area contributed by atoms with Gasteiger partial charge in [0.05, 0.1) is 25.5 Å². The van der Waals surface area contributed by atoms with Crippen LogP contribution < -0.4 is 0 Å². The van der Waals surface area contributed by atoms with Gasteiger partial charge in [0, 0.05) is 19.4 Å². The Morgan fingerprint density at radius 2 is 2.37 bits per heavy atom. The van der Waals surface area contributed by atoms with E-state index in [2.05, 4.69) is 13.8 Å². The molecule has 1 aromatic rings. The molecule has 0 N–H and O–H groups in total. The van der Waals surface area contributed by atoms with Crippen LogP contribution in [0.15, 0.2) is 22.8 Å². The van der Waals surface area contributed by atoms with Crippen molar-refractivity contribution >= 4 is 5.91 Å². The Morgan fingerprint density at radius 1 is 1.53 bits per heavy atom. The quantitative estimate of drug-likeness (QED) is 0.821. The van der Waals surface area contributed by atoms with Crippen LogP contribution in [0.1, 0.15) is 32.4 Å². The molecular weight excluding hydrogens is 242 g/mol. The number of hydrogen-bond donors (Lipinski definition) is 0. The average Bonchev–Trinajstić information content (AvgIpc) is 2.89. The maximum atomic E-state index is 12.3. The van der Waals surface area contributed by atoms with Crippen LogP contribution in [0.25, 0.3) is 0 Å². The lowest BCUT2D eigenvalue weighted by atomic mass is 10.0. The minimum Gasteiger partial charge on any atom is -0.469 e. The Bertz CT molecular complexity index is 386. The van der Waals surface area contributed by atoms with E-state index in [1.807, 2.05) is 17.0 Å². The maximum Gasteiger partial charge on any atom is 0.223 e. The van der Waals surface area contributed by atoms with Crippen molar-refractivity contribution in [2.24, 2.45) is 5.92 Å². The van der Waals surface area contributed by atoms with E-state index >= 15 is 0 Å². The largest absolute Gasteiger partial charge is 0.469 e. The molecule has 4 nitrogen and oxygen atoms in total. The van der Waals surface area contributed by atoms with Crippen molar-refractivity contribution in [1.29, 1.82) is 0 Å². The first kappa shape index (κ1) is 14.1. The van der Waals surface area contributed by atoms with E-state index in [1.54, 1.807) is 6.26 Å². The predicted molar refractivity (Wildman–Crippen MR) is 72.8 cm³/mol. The number of carbonyl (C=O) groups is 1. The molecule has 2 heterocycles. The fraction of sp³-hybridized carbons (Fsp3) is 0.667. The number of nitrogens with zero attached hydrogens (tertiary/aromatic N) is 1. The van der Waals surface area contributed by atoms with Crippen molar-refractivity contribution in [2.75, 3.05) is 19.8 Å². The number of rotatable bonds is 5. The summed E-state index contributed by atoms with van der Waals surface area (Å²) in [6.45, 7) is 6.40. The van der Waals surface area contributed by atoms with Crippen LogP contribution in [0.4, 0.5) is 0 Å². The van der Waals surface area contributed by atoms with Gasteiger partial charge in [0.25, 0.3) is 0 Å². The Hall–Kier alpha value is -1.29. The normalized spacial score (nSPS) is 19.9. The minimum absolute atomic E-state index is 0.213. The van der Waals surface area contributed by atoms with Gasteiger partial charge in [0.1, 0.15) is 5.76 Å². The number of ether oxygens (including phenoxy) is 1. The van der Waals surface area contributed by atoms with Gasteiger partial charge in [0.2, 0.25) is 5.91 Å². The average molecular weight is 265 g/mol. The van der Waals surface area contributed by atoms with Crippen molar-refractivity contribution in [1.82, 2.24) is 4.90 Å². The second kappa shape index (κ2) is 6.75. The van der Waals surface area contributed by atoms with Crippen molar-refractivity contribution < 1.29 is 13.9 Å². The molecule has 19 heavy (non-hydrogen) atoms. The first-order valence-corrected chi connectivity index (χ1v) is 7.06. The van der Waals surface area contributed by atoms with Gasteiger partial charge in [-0.3, -0.25) is 4.79 Å². The molecule has 1 amide bonds. The zero-order chi connectivity index (χ0) is 13.7. The molecule has 1 aliphatic heterocycles. The number of morpholine rings is 1. The fourth-order valence-corrected chi connectivity index (χ4v) is 2.55. The van der Waals surface area contributed by atoms with Crippen molar-refractivity contribution in [3.05, 3.63) is 24.2 Å². The first-order valence-electron chi connectivity index (χ1n) is 7.06. The van der Waals surface area contributed by atoms with Crippen molar-refractivity contribution in [3.8, 4) is 0 Å².